The second kappa shape index (κ2) is 6.26. The van der Waals surface area contributed by atoms with Crippen molar-refractivity contribution in [3.05, 3.63) is 0 Å². The van der Waals surface area contributed by atoms with Crippen molar-refractivity contribution in [2.75, 3.05) is 23.8 Å². The molecular weight excluding hydrogens is 284 g/mol. The number of aliphatic carboxylic acids is 1. The highest BCUT2D eigenvalue weighted by atomic mass is 32.2. The number of carboxylic acids is 1. The summed E-state index contributed by atoms with van der Waals surface area (Å²) in [5.41, 5.74) is 0. The summed E-state index contributed by atoms with van der Waals surface area (Å²) in [4.78, 5) is 27.4. The lowest BCUT2D eigenvalue weighted by Crippen LogP contribution is -2.55. The lowest BCUT2D eigenvalue weighted by molar-refractivity contribution is -0.141. The molecule has 2 rings (SSSR count). The Kier molecular flexibility index (Phi) is 4.89. The topological polar surface area (TPSA) is 60.9 Å². The summed E-state index contributed by atoms with van der Waals surface area (Å²) in [6.07, 6.45) is 0.789. The molecule has 0 aromatic heterocycles. The zero-order chi connectivity index (χ0) is 14.0. The Bertz CT molecular complexity index is 367. The molecule has 2 aliphatic heterocycles. The van der Waals surface area contributed by atoms with Gasteiger partial charge >= 0.3 is 12.0 Å². The first-order valence-corrected chi connectivity index (χ1v) is 8.77. The van der Waals surface area contributed by atoms with Crippen molar-refractivity contribution in [3.8, 4) is 0 Å². The molecule has 0 radical (unpaired) electrons. The third kappa shape index (κ3) is 2.97. The summed E-state index contributed by atoms with van der Waals surface area (Å²) < 4.78 is 0. The average molecular weight is 304 g/mol. The fraction of sp³-hybridized carbons (Fsp3) is 0.833. The minimum absolute atomic E-state index is 0.00428. The molecule has 0 bridgehead atoms. The normalized spacial score (nSPS) is 31.6. The van der Waals surface area contributed by atoms with Crippen LogP contribution in [0.25, 0.3) is 0 Å². The molecule has 0 aromatic rings. The van der Waals surface area contributed by atoms with Gasteiger partial charge in [-0.3, -0.25) is 4.90 Å². The van der Waals surface area contributed by atoms with E-state index in [9.17, 15) is 14.7 Å². The maximum absolute atomic E-state index is 12.7. The molecule has 19 heavy (non-hydrogen) atoms. The molecule has 5 nitrogen and oxygen atoms in total. The van der Waals surface area contributed by atoms with Crippen LogP contribution in [0.1, 0.15) is 20.3 Å². The molecule has 0 spiro atoms. The maximum Gasteiger partial charge on any atom is 0.327 e. The Morgan fingerprint density at radius 3 is 2.68 bits per heavy atom. The molecule has 0 saturated carbocycles. The second-order valence-corrected chi connectivity index (χ2v) is 7.22. The van der Waals surface area contributed by atoms with E-state index in [1.807, 2.05) is 30.5 Å². The summed E-state index contributed by atoms with van der Waals surface area (Å²) in [6.45, 7) is 4.75. The van der Waals surface area contributed by atoms with Crippen LogP contribution in [-0.2, 0) is 4.79 Å². The molecular formula is C12H20N2O3S2. The zero-order valence-corrected chi connectivity index (χ0v) is 12.9. The van der Waals surface area contributed by atoms with Crippen molar-refractivity contribution in [1.29, 1.82) is 0 Å². The summed E-state index contributed by atoms with van der Waals surface area (Å²) in [5.74, 6) is 1.47. The molecule has 3 atom stereocenters. The number of hydrogen-bond acceptors (Lipinski definition) is 4. The summed E-state index contributed by atoms with van der Waals surface area (Å²) in [6, 6.07) is -0.593. The van der Waals surface area contributed by atoms with Gasteiger partial charge in [0.25, 0.3) is 0 Å². The number of hydrogen-bond donors (Lipinski definition) is 1. The van der Waals surface area contributed by atoms with Gasteiger partial charge in [-0.25, -0.2) is 9.59 Å². The summed E-state index contributed by atoms with van der Waals surface area (Å²) in [5, 5.41) is 9.28. The van der Waals surface area contributed by atoms with Crippen LogP contribution >= 0.6 is 23.5 Å². The van der Waals surface area contributed by atoms with Gasteiger partial charge in [-0.05, 0) is 13.3 Å². The first-order chi connectivity index (χ1) is 9.06. The largest absolute Gasteiger partial charge is 0.480 e. The number of amides is 2. The fourth-order valence-electron chi connectivity index (χ4n) is 2.48. The zero-order valence-electron chi connectivity index (χ0n) is 11.2. The molecule has 2 fully saturated rings. The average Bonchev–Trinajstić information content (AvgIpc) is 2.82. The Labute approximate surface area is 122 Å². The Hall–Kier alpha value is -0.560. The van der Waals surface area contributed by atoms with E-state index in [1.54, 1.807) is 16.7 Å². The molecule has 0 aliphatic carbocycles. The van der Waals surface area contributed by atoms with Gasteiger partial charge in [0.15, 0.2) is 0 Å². The van der Waals surface area contributed by atoms with Gasteiger partial charge < -0.3 is 10.0 Å². The van der Waals surface area contributed by atoms with Crippen molar-refractivity contribution in [2.24, 2.45) is 0 Å². The number of urea groups is 1. The monoisotopic (exact) mass is 304 g/mol. The summed E-state index contributed by atoms with van der Waals surface area (Å²) in [7, 11) is 0. The first-order valence-electron chi connectivity index (χ1n) is 6.57. The van der Waals surface area contributed by atoms with E-state index >= 15 is 0 Å². The molecule has 2 amide bonds. The number of rotatable bonds is 2. The highest BCUT2D eigenvalue weighted by Crippen LogP contribution is 2.33. The Morgan fingerprint density at radius 1 is 1.37 bits per heavy atom. The van der Waals surface area contributed by atoms with Crippen LogP contribution in [0, 0.1) is 0 Å². The molecule has 108 valence electrons. The highest BCUT2D eigenvalue weighted by Gasteiger charge is 2.43. The van der Waals surface area contributed by atoms with E-state index in [1.165, 1.54) is 0 Å². The number of carbonyl (C=O) groups is 2. The van der Waals surface area contributed by atoms with Gasteiger partial charge in [-0.2, -0.15) is 11.8 Å². The van der Waals surface area contributed by atoms with Gasteiger partial charge in [-0.15, -0.1) is 11.8 Å². The highest BCUT2D eigenvalue weighted by molar-refractivity contribution is 8.00. The first kappa shape index (κ1) is 14.8. The van der Waals surface area contributed by atoms with Crippen molar-refractivity contribution >= 4 is 35.5 Å². The van der Waals surface area contributed by atoms with Crippen LogP contribution in [0.5, 0.6) is 0 Å². The quantitative estimate of drug-likeness (QED) is 0.842. The Morgan fingerprint density at radius 2 is 2.11 bits per heavy atom. The second-order valence-electron chi connectivity index (χ2n) is 4.86. The minimum Gasteiger partial charge on any atom is -0.480 e. The van der Waals surface area contributed by atoms with Crippen LogP contribution in [-0.4, -0.2) is 68.2 Å². The molecule has 7 heteroatoms. The molecule has 2 heterocycles. The number of nitrogens with zero attached hydrogens (tertiary/aromatic N) is 2. The SMILES string of the molecule is CCC1SCC(C(=O)O)N1C(=O)N1CCSCC1C. The van der Waals surface area contributed by atoms with Gasteiger partial charge in [0, 0.05) is 29.8 Å². The third-order valence-electron chi connectivity index (χ3n) is 3.56. The van der Waals surface area contributed by atoms with Crippen LogP contribution in [0.3, 0.4) is 0 Å². The van der Waals surface area contributed by atoms with E-state index in [0.717, 1.165) is 17.9 Å². The predicted molar refractivity (Wildman–Crippen MR) is 78.7 cm³/mol. The number of carbonyl (C=O) groups excluding carboxylic acids is 1. The minimum atomic E-state index is -0.893. The van der Waals surface area contributed by atoms with E-state index in [2.05, 4.69) is 0 Å². The summed E-state index contributed by atoms with van der Waals surface area (Å²) >= 11 is 3.42. The van der Waals surface area contributed by atoms with Crippen molar-refractivity contribution in [3.63, 3.8) is 0 Å². The van der Waals surface area contributed by atoms with Gasteiger partial charge in [-0.1, -0.05) is 6.92 Å². The van der Waals surface area contributed by atoms with Crippen LogP contribution < -0.4 is 0 Å². The lowest BCUT2D eigenvalue weighted by atomic mass is 10.2. The molecule has 3 unspecified atom stereocenters. The van der Waals surface area contributed by atoms with E-state index < -0.39 is 12.0 Å². The number of carboxylic acid groups (broad SMARTS) is 1. The van der Waals surface area contributed by atoms with Crippen molar-refractivity contribution < 1.29 is 14.7 Å². The predicted octanol–water partition coefficient (Wildman–Crippen LogP) is 1.78. The van der Waals surface area contributed by atoms with Crippen LogP contribution in [0.4, 0.5) is 4.79 Å². The van der Waals surface area contributed by atoms with Gasteiger partial charge in [0.2, 0.25) is 0 Å². The fourth-order valence-corrected chi connectivity index (χ4v) is 4.84. The van der Waals surface area contributed by atoms with Gasteiger partial charge in [0.1, 0.15) is 6.04 Å². The third-order valence-corrected chi connectivity index (χ3v) is 6.20. The van der Waals surface area contributed by atoms with Crippen molar-refractivity contribution in [2.45, 2.75) is 37.7 Å². The van der Waals surface area contributed by atoms with Crippen LogP contribution in [0.15, 0.2) is 0 Å². The smallest absolute Gasteiger partial charge is 0.327 e. The molecule has 2 aliphatic rings. The number of thioether (sulfide) groups is 2. The van der Waals surface area contributed by atoms with E-state index in [-0.39, 0.29) is 17.4 Å². The lowest BCUT2D eigenvalue weighted by Gasteiger charge is -2.38. The molecule has 0 aromatic carbocycles. The molecule has 2 saturated heterocycles. The molecule has 1 N–H and O–H groups in total. The van der Waals surface area contributed by atoms with E-state index in [4.69, 9.17) is 0 Å². The van der Waals surface area contributed by atoms with Crippen molar-refractivity contribution in [1.82, 2.24) is 9.80 Å². The maximum atomic E-state index is 12.7. The standard InChI is InChI=1S/C12H20N2O3S2/c1-3-10-14(9(7-19-10)11(15)16)12(17)13-4-5-18-6-8(13)2/h8-10H,3-7H2,1-2H3,(H,15,16). The van der Waals surface area contributed by atoms with E-state index in [0.29, 0.717) is 12.3 Å². The van der Waals surface area contributed by atoms with Gasteiger partial charge in [0.05, 0.1) is 5.37 Å². The Balaban J connectivity index is 2.15. The van der Waals surface area contributed by atoms with Crippen LogP contribution in [0.2, 0.25) is 0 Å².